The van der Waals surface area contributed by atoms with E-state index in [0.29, 0.717) is 29.0 Å². The molecule has 0 aliphatic rings. The van der Waals surface area contributed by atoms with Crippen LogP contribution in [-0.4, -0.2) is 49.4 Å². The predicted molar refractivity (Wildman–Crippen MR) is 83.4 cm³/mol. The van der Waals surface area contributed by atoms with Gasteiger partial charge in [-0.1, -0.05) is 13.8 Å². The van der Waals surface area contributed by atoms with Crippen molar-refractivity contribution in [2.75, 3.05) is 33.7 Å². The molecule has 112 valence electrons. The highest BCUT2D eigenvalue weighted by Gasteiger charge is 2.19. The summed E-state index contributed by atoms with van der Waals surface area (Å²) in [6.07, 6.45) is 0. The standard InChI is InChI=1S/C15H22BrFN2O/c1-11(2)10-19(8-7-18(3)4)15(20)13-9-12(17)5-6-14(13)16/h5-6,9,11H,7-8,10H2,1-4H3. The van der Waals surface area contributed by atoms with Gasteiger partial charge in [-0.2, -0.15) is 0 Å². The van der Waals surface area contributed by atoms with Crippen LogP contribution >= 0.6 is 15.9 Å². The SMILES string of the molecule is CC(C)CN(CCN(C)C)C(=O)c1cc(F)ccc1Br. The van der Waals surface area contributed by atoms with Crippen molar-refractivity contribution in [3.63, 3.8) is 0 Å². The molecule has 20 heavy (non-hydrogen) atoms. The van der Waals surface area contributed by atoms with Crippen LogP contribution in [0.2, 0.25) is 0 Å². The molecule has 0 heterocycles. The molecule has 3 nitrogen and oxygen atoms in total. The molecular formula is C15H22BrFN2O. The monoisotopic (exact) mass is 344 g/mol. The minimum Gasteiger partial charge on any atom is -0.337 e. The Morgan fingerprint density at radius 1 is 1.30 bits per heavy atom. The van der Waals surface area contributed by atoms with Gasteiger partial charge in [0.2, 0.25) is 0 Å². The average Bonchev–Trinajstić information content (AvgIpc) is 2.36. The van der Waals surface area contributed by atoms with E-state index in [1.54, 1.807) is 11.0 Å². The van der Waals surface area contributed by atoms with Crippen molar-refractivity contribution in [3.8, 4) is 0 Å². The van der Waals surface area contributed by atoms with E-state index in [1.165, 1.54) is 12.1 Å². The van der Waals surface area contributed by atoms with Crippen LogP contribution in [0.3, 0.4) is 0 Å². The Balaban J connectivity index is 2.93. The number of benzene rings is 1. The number of hydrogen-bond donors (Lipinski definition) is 0. The lowest BCUT2D eigenvalue weighted by atomic mass is 10.1. The predicted octanol–water partition coefficient (Wildman–Crippen LogP) is 3.25. The lowest BCUT2D eigenvalue weighted by Gasteiger charge is -2.26. The minimum atomic E-state index is -0.395. The van der Waals surface area contributed by atoms with Crippen LogP contribution in [0.1, 0.15) is 24.2 Å². The van der Waals surface area contributed by atoms with Gasteiger partial charge in [0.25, 0.3) is 5.91 Å². The Bertz CT molecular complexity index is 463. The Morgan fingerprint density at radius 3 is 2.50 bits per heavy atom. The van der Waals surface area contributed by atoms with Gasteiger partial charge in [0, 0.05) is 24.1 Å². The molecule has 0 saturated carbocycles. The maximum atomic E-state index is 13.3. The van der Waals surface area contributed by atoms with Crippen molar-refractivity contribution in [1.82, 2.24) is 9.80 Å². The molecule has 0 bridgehead atoms. The lowest BCUT2D eigenvalue weighted by molar-refractivity contribution is 0.0723. The molecule has 0 N–H and O–H groups in total. The summed E-state index contributed by atoms with van der Waals surface area (Å²) in [7, 11) is 3.94. The first-order chi connectivity index (χ1) is 9.31. The molecule has 0 spiro atoms. The van der Waals surface area contributed by atoms with Gasteiger partial charge in [-0.25, -0.2) is 4.39 Å². The summed E-state index contributed by atoms with van der Waals surface area (Å²) in [5.41, 5.74) is 0.379. The Kier molecular flexibility index (Phi) is 6.62. The molecule has 0 unspecified atom stereocenters. The van der Waals surface area contributed by atoms with E-state index in [0.717, 1.165) is 6.54 Å². The summed E-state index contributed by atoms with van der Waals surface area (Å²) >= 11 is 3.32. The second-order valence-corrected chi connectivity index (χ2v) is 6.43. The number of halogens is 2. The molecule has 1 amide bonds. The highest BCUT2D eigenvalue weighted by molar-refractivity contribution is 9.10. The molecule has 0 aliphatic carbocycles. The van der Waals surface area contributed by atoms with Crippen molar-refractivity contribution in [1.29, 1.82) is 0 Å². The lowest BCUT2D eigenvalue weighted by Crippen LogP contribution is -2.39. The third-order valence-corrected chi connectivity index (χ3v) is 3.54. The topological polar surface area (TPSA) is 23.6 Å². The summed E-state index contributed by atoms with van der Waals surface area (Å²) in [6.45, 7) is 6.21. The maximum Gasteiger partial charge on any atom is 0.255 e. The summed E-state index contributed by atoms with van der Waals surface area (Å²) < 4.78 is 14.0. The molecule has 1 rings (SSSR count). The van der Waals surface area contributed by atoms with Crippen molar-refractivity contribution < 1.29 is 9.18 Å². The van der Waals surface area contributed by atoms with E-state index in [9.17, 15) is 9.18 Å². The van der Waals surface area contributed by atoms with Gasteiger partial charge in [0.15, 0.2) is 0 Å². The van der Waals surface area contributed by atoms with Crippen LogP contribution in [0, 0.1) is 11.7 Å². The van der Waals surface area contributed by atoms with Gasteiger partial charge in [-0.3, -0.25) is 4.79 Å². The third kappa shape index (κ3) is 5.21. The first kappa shape index (κ1) is 17.1. The van der Waals surface area contributed by atoms with Crippen LogP contribution in [-0.2, 0) is 0 Å². The molecule has 5 heteroatoms. The first-order valence-electron chi connectivity index (χ1n) is 6.70. The normalized spacial score (nSPS) is 11.2. The Morgan fingerprint density at radius 2 is 1.95 bits per heavy atom. The van der Waals surface area contributed by atoms with E-state index >= 15 is 0 Å². The maximum absolute atomic E-state index is 13.3. The molecule has 0 fully saturated rings. The molecule has 0 atom stereocenters. The van der Waals surface area contributed by atoms with Crippen molar-refractivity contribution in [2.24, 2.45) is 5.92 Å². The fourth-order valence-corrected chi connectivity index (χ4v) is 2.29. The van der Waals surface area contributed by atoms with Crippen molar-refractivity contribution in [2.45, 2.75) is 13.8 Å². The van der Waals surface area contributed by atoms with Gasteiger partial charge in [-0.05, 0) is 54.1 Å². The van der Waals surface area contributed by atoms with Crippen LogP contribution < -0.4 is 0 Å². The largest absolute Gasteiger partial charge is 0.337 e. The van der Waals surface area contributed by atoms with Crippen LogP contribution in [0.15, 0.2) is 22.7 Å². The van der Waals surface area contributed by atoms with E-state index in [1.807, 2.05) is 19.0 Å². The zero-order valence-corrected chi connectivity index (χ0v) is 14.1. The fourth-order valence-electron chi connectivity index (χ4n) is 1.87. The van der Waals surface area contributed by atoms with E-state index < -0.39 is 5.82 Å². The first-order valence-corrected chi connectivity index (χ1v) is 7.49. The molecule has 1 aromatic carbocycles. The zero-order chi connectivity index (χ0) is 15.3. The Labute approximate surface area is 128 Å². The Hall–Kier alpha value is -0.940. The van der Waals surface area contributed by atoms with Gasteiger partial charge in [0.05, 0.1) is 5.56 Å². The summed E-state index contributed by atoms with van der Waals surface area (Å²) in [4.78, 5) is 16.4. The van der Waals surface area contributed by atoms with Gasteiger partial charge in [0.1, 0.15) is 5.82 Å². The highest BCUT2D eigenvalue weighted by atomic mass is 79.9. The number of rotatable bonds is 6. The smallest absolute Gasteiger partial charge is 0.255 e. The van der Waals surface area contributed by atoms with Gasteiger partial charge < -0.3 is 9.80 Å². The number of carbonyl (C=O) groups excluding carboxylic acids is 1. The molecule has 0 aromatic heterocycles. The molecule has 1 aromatic rings. The third-order valence-electron chi connectivity index (χ3n) is 2.85. The highest BCUT2D eigenvalue weighted by Crippen LogP contribution is 2.20. The van der Waals surface area contributed by atoms with Crippen LogP contribution in [0.25, 0.3) is 0 Å². The second kappa shape index (κ2) is 7.74. The number of likely N-dealkylation sites (N-methyl/N-ethyl adjacent to an activating group) is 1. The fraction of sp³-hybridized carbons (Fsp3) is 0.533. The van der Waals surface area contributed by atoms with Crippen molar-refractivity contribution >= 4 is 21.8 Å². The summed E-state index contributed by atoms with van der Waals surface area (Å²) in [5, 5.41) is 0. The minimum absolute atomic E-state index is 0.132. The zero-order valence-electron chi connectivity index (χ0n) is 12.5. The van der Waals surface area contributed by atoms with Crippen LogP contribution in [0.4, 0.5) is 4.39 Å². The van der Waals surface area contributed by atoms with Crippen molar-refractivity contribution in [3.05, 3.63) is 34.1 Å². The van der Waals surface area contributed by atoms with Gasteiger partial charge in [-0.15, -0.1) is 0 Å². The van der Waals surface area contributed by atoms with E-state index in [2.05, 4.69) is 29.8 Å². The number of nitrogens with zero attached hydrogens (tertiary/aromatic N) is 2. The number of hydrogen-bond acceptors (Lipinski definition) is 2. The molecule has 0 saturated heterocycles. The number of carbonyl (C=O) groups is 1. The molecule has 0 radical (unpaired) electrons. The molecule has 0 aliphatic heterocycles. The number of amides is 1. The molecular weight excluding hydrogens is 323 g/mol. The van der Waals surface area contributed by atoms with E-state index in [4.69, 9.17) is 0 Å². The second-order valence-electron chi connectivity index (χ2n) is 5.57. The average molecular weight is 345 g/mol. The quantitative estimate of drug-likeness (QED) is 0.790. The van der Waals surface area contributed by atoms with Crippen LogP contribution in [0.5, 0.6) is 0 Å². The van der Waals surface area contributed by atoms with E-state index in [-0.39, 0.29) is 5.91 Å². The summed E-state index contributed by atoms with van der Waals surface area (Å²) in [5.74, 6) is -0.158. The van der Waals surface area contributed by atoms with Gasteiger partial charge >= 0.3 is 0 Å². The summed E-state index contributed by atoms with van der Waals surface area (Å²) in [6, 6.07) is 4.20.